The van der Waals surface area contributed by atoms with Crippen LogP contribution in [0.25, 0.3) is 0 Å². The lowest BCUT2D eigenvalue weighted by Gasteiger charge is -1.95. The van der Waals surface area contributed by atoms with Crippen molar-refractivity contribution in [3.63, 3.8) is 0 Å². The standard InChI is InChI=1S/C4H13N3.C2H4N4/c5-1-3-7-4-2-6;3-1-6-2(4)5/h7H,1-6H2;(H4,4,5,6). The van der Waals surface area contributed by atoms with Crippen molar-refractivity contribution in [3.05, 3.63) is 0 Å². The van der Waals surface area contributed by atoms with Crippen LogP contribution in [-0.4, -0.2) is 32.1 Å². The van der Waals surface area contributed by atoms with Crippen LogP contribution in [0.1, 0.15) is 0 Å². The van der Waals surface area contributed by atoms with Gasteiger partial charge in [-0.25, -0.2) is 0 Å². The number of nitriles is 1. The second kappa shape index (κ2) is 13.2. The van der Waals surface area contributed by atoms with Crippen LogP contribution in [0.2, 0.25) is 0 Å². The number of nitrogens with one attached hydrogen (secondary N) is 3. The average molecular weight is 187 g/mol. The fourth-order valence-corrected chi connectivity index (χ4v) is 0.389. The predicted octanol–water partition coefficient (Wildman–Crippen LogP) is -2.56. The van der Waals surface area contributed by atoms with E-state index < -0.39 is 0 Å². The Kier molecular flexibility index (Phi) is 14.4. The molecule has 0 aromatic carbocycles. The summed E-state index contributed by atoms with van der Waals surface area (Å²) >= 11 is 0. The third kappa shape index (κ3) is 25.0. The van der Waals surface area contributed by atoms with Gasteiger partial charge in [0.05, 0.1) is 0 Å². The number of guanidine groups is 1. The minimum absolute atomic E-state index is 0.322. The van der Waals surface area contributed by atoms with Gasteiger partial charge in [-0.3, -0.25) is 10.7 Å². The van der Waals surface area contributed by atoms with E-state index in [-0.39, 0.29) is 5.96 Å². The van der Waals surface area contributed by atoms with Gasteiger partial charge in [-0.2, -0.15) is 5.26 Å². The molecule has 0 bridgehead atoms. The average Bonchev–Trinajstić information content (AvgIpc) is 2.06. The summed E-state index contributed by atoms with van der Waals surface area (Å²) in [5.41, 5.74) is 15.0. The van der Waals surface area contributed by atoms with Gasteiger partial charge in [0.2, 0.25) is 0 Å². The predicted molar refractivity (Wildman–Crippen MR) is 51.6 cm³/mol. The number of nitrogens with two attached hydrogens (primary N) is 3. The van der Waals surface area contributed by atoms with Crippen molar-refractivity contribution in [2.45, 2.75) is 0 Å². The minimum atomic E-state index is -0.322. The number of rotatable bonds is 4. The Morgan fingerprint density at radius 3 is 1.92 bits per heavy atom. The molecule has 76 valence electrons. The largest absolute Gasteiger partial charge is 0.369 e. The minimum Gasteiger partial charge on any atom is -0.369 e. The Bertz CT molecular complexity index is 146. The zero-order valence-electron chi connectivity index (χ0n) is 7.51. The van der Waals surface area contributed by atoms with Crippen LogP contribution in [0.15, 0.2) is 0 Å². The molecule has 0 aromatic heterocycles. The number of nitrogens with zero attached hydrogens (tertiary/aromatic N) is 1. The Morgan fingerprint density at radius 2 is 1.77 bits per heavy atom. The highest BCUT2D eigenvalue weighted by Crippen LogP contribution is 1.49. The summed E-state index contributed by atoms with van der Waals surface area (Å²) in [6.07, 6.45) is 1.47. The lowest BCUT2D eigenvalue weighted by atomic mass is 10.6. The molecular formula is C6H17N7. The van der Waals surface area contributed by atoms with Gasteiger partial charge in [0.25, 0.3) is 0 Å². The van der Waals surface area contributed by atoms with Crippen LogP contribution in [0.5, 0.6) is 0 Å². The van der Waals surface area contributed by atoms with Gasteiger partial charge >= 0.3 is 0 Å². The molecule has 0 radical (unpaired) electrons. The quantitative estimate of drug-likeness (QED) is 0.0937. The smallest absolute Gasteiger partial charge is 0.199 e. The molecule has 0 spiro atoms. The molecule has 13 heavy (non-hydrogen) atoms. The molecule has 9 N–H and O–H groups in total. The van der Waals surface area contributed by atoms with Gasteiger partial charge in [0.1, 0.15) is 0 Å². The Labute approximate surface area is 77.8 Å². The van der Waals surface area contributed by atoms with Gasteiger partial charge in [-0.15, -0.1) is 0 Å². The number of hydrogen-bond acceptors (Lipinski definition) is 5. The highest BCUT2D eigenvalue weighted by molar-refractivity contribution is 5.75. The van der Waals surface area contributed by atoms with Gasteiger partial charge in [-0.1, -0.05) is 0 Å². The fourth-order valence-electron chi connectivity index (χ4n) is 0.389. The number of hydrogen-bond donors (Lipinski definition) is 6. The molecule has 0 heterocycles. The van der Waals surface area contributed by atoms with E-state index in [4.69, 9.17) is 22.1 Å². The summed E-state index contributed by atoms with van der Waals surface area (Å²) in [4.78, 5) is 0. The Balaban J connectivity index is 0. The van der Waals surface area contributed by atoms with Crippen molar-refractivity contribution in [1.82, 2.24) is 10.6 Å². The molecule has 7 nitrogen and oxygen atoms in total. The van der Waals surface area contributed by atoms with Crippen LogP contribution in [-0.2, 0) is 0 Å². The molecule has 0 saturated carbocycles. The molecular weight excluding hydrogens is 170 g/mol. The van der Waals surface area contributed by atoms with Crippen molar-refractivity contribution in [1.29, 1.82) is 10.7 Å². The van der Waals surface area contributed by atoms with E-state index >= 15 is 0 Å². The Morgan fingerprint density at radius 1 is 1.31 bits per heavy atom. The van der Waals surface area contributed by atoms with Crippen LogP contribution in [0, 0.1) is 16.9 Å². The van der Waals surface area contributed by atoms with Crippen LogP contribution in [0.3, 0.4) is 0 Å². The van der Waals surface area contributed by atoms with Gasteiger partial charge in [-0.05, 0) is 0 Å². The zero-order chi connectivity index (χ0) is 10.5. The highest BCUT2D eigenvalue weighted by Gasteiger charge is 1.76. The lowest BCUT2D eigenvalue weighted by molar-refractivity contribution is 0.696. The summed E-state index contributed by atoms with van der Waals surface area (Å²) in [6.45, 7) is 3.13. The van der Waals surface area contributed by atoms with Gasteiger partial charge in [0.15, 0.2) is 12.2 Å². The summed E-state index contributed by atoms with van der Waals surface area (Å²) in [5.74, 6) is -0.322. The summed E-state index contributed by atoms with van der Waals surface area (Å²) < 4.78 is 0. The maximum Gasteiger partial charge on any atom is 0.199 e. The van der Waals surface area contributed by atoms with E-state index in [1.54, 1.807) is 0 Å². The summed E-state index contributed by atoms with van der Waals surface area (Å²) in [5, 5.41) is 18.9. The molecule has 0 amide bonds. The van der Waals surface area contributed by atoms with E-state index in [0.717, 1.165) is 13.1 Å². The third-order valence-electron chi connectivity index (χ3n) is 0.833. The topological polar surface area (TPSA) is 150 Å². The second-order valence-electron chi connectivity index (χ2n) is 1.98. The maximum atomic E-state index is 7.65. The molecule has 0 rings (SSSR count). The first-order chi connectivity index (χ1) is 6.18. The molecule has 0 fully saturated rings. The molecule has 0 unspecified atom stereocenters. The van der Waals surface area contributed by atoms with E-state index in [0.29, 0.717) is 13.1 Å². The van der Waals surface area contributed by atoms with Gasteiger partial charge in [0, 0.05) is 26.2 Å². The van der Waals surface area contributed by atoms with Crippen molar-refractivity contribution in [2.24, 2.45) is 17.2 Å². The zero-order valence-corrected chi connectivity index (χ0v) is 7.51. The molecule has 0 aliphatic carbocycles. The normalized spacial score (nSPS) is 7.77. The first-order valence-corrected chi connectivity index (χ1v) is 3.79. The van der Waals surface area contributed by atoms with E-state index in [1.807, 2.05) is 5.32 Å². The molecule has 0 aliphatic rings. The second-order valence-corrected chi connectivity index (χ2v) is 1.98. The maximum absolute atomic E-state index is 7.65. The summed E-state index contributed by atoms with van der Waals surface area (Å²) in [6, 6.07) is 0. The van der Waals surface area contributed by atoms with E-state index in [1.165, 1.54) is 6.19 Å². The van der Waals surface area contributed by atoms with Crippen LogP contribution >= 0.6 is 0 Å². The summed E-state index contributed by atoms with van der Waals surface area (Å²) in [7, 11) is 0. The van der Waals surface area contributed by atoms with Gasteiger partial charge < -0.3 is 22.5 Å². The molecule has 7 heteroatoms. The molecule has 0 aliphatic heterocycles. The Hall–Kier alpha value is -1.36. The van der Waals surface area contributed by atoms with Crippen molar-refractivity contribution >= 4 is 5.96 Å². The van der Waals surface area contributed by atoms with Crippen LogP contribution in [0.4, 0.5) is 0 Å². The first kappa shape index (κ1) is 14.2. The van der Waals surface area contributed by atoms with Crippen molar-refractivity contribution < 1.29 is 0 Å². The lowest BCUT2D eigenvalue weighted by Crippen LogP contribution is -2.27. The monoisotopic (exact) mass is 187 g/mol. The molecule has 0 aromatic rings. The van der Waals surface area contributed by atoms with E-state index in [2.05, 4.69) is 11.1 Å². The fraction of sp³-hybridized carbons (Fsp3) is 0.667. The third-order valence-corrected chi connectivity index (χ3v) is 0.833. The van der Waals surface area contributed by atoms with Crippen LogP contribution < -0.4 is 27.8 Å². The highest BCUT2D eigenvalue weighted by atomic mass is 15.0. The SMILES string of the molecule is N#CNC(=N)N.NCCNCCN. The molecule has 0 saturated heterocycles. The van der Waals surface area contributed by atoms with E-state index in [9.17, 15) is 0 Å². The van der Waals surface area contributed by atoms with Crippen molar-refractivity contribution in [2.75, 3.05) is 26.2 Å². The first-order valence-electron chi connectivity index (χ1n) is 3.79. The molecule has 0 atom stereocenters. The van der Waals surface area contributed by atoms with Crippen molar-refractivity contribution in [3.8, 4) is 6.19 Å².